The van der Waals surface area contributed by atoms with Crippen molar-refractivity contribution < 1.29 is 39.1 Å². The van der Waals surface area contributed by atoms with E-state index in [1.807, 2.05) is 24.3 Å². The van der Waals surface area contributed by atoms with Crippen molar-refractivity contribution in [3.63, 3.8) is 0 Å². The SMILES string of the molecule is CC(=O)O[C@H]1C[C@H](CCc2ccc(O)c(O[C@@H]3CCC[C@H](NC(N)=NC4CCCCC4)C3)c2)O[C@H](c2cc(O)c(O)c(OCCc3cccnc3)c2)C1. The standard InChI is InChI=1S/C41H54N4O8/c1-26(46)51-34-23-33(52-37(24-34)29-20-36(48)40(49)39(21-29)50-18-16-28-7-6-17-43-25-28)14-12-27-13-15-35(47)38(19-27)53-32-11-5-10-31(22-32)45-41(42)44-30-8-3-2-4-9-30/h6-7,13,15,17,19-21,25,30-34,37,47-49H,2-5,8-12,14,16,18,22-24H2,1H3,(H3,42,44,45)/t31-,32+,33-,34-,37-/m0/s1. The zero-order valence-electron chi connectivity index (χ0n) is 30.6. The van der Waals surface area contributed by atoms with E-state index in [-0.39, 0.29) is 53.8 Å². The molecule has 12 nitrogen and oxygen atoms in total. The molecule has 0 unspecified atom stereocenters. The molecule has 3 fully saturated rings. The van der Waals surface area contributed by atoms with Gasteiger partial charge >= 0.3 is 5.97 Å². The number of hydrogen-bond donors (Lipinski definition) is 5. The number of carbonyl (C=O) groups is 1. The van der Waals surface area contributed by atoms with Gasteiger partial charge in [-0.1, -0.05) is 31.4 Å². The minimum Gasteiger partial charge on any atom is -0.504 e. The summed E-state index contributed by atoms with van der Waals surface area (Å²) in [7, 11) is 0. The largest absolute Gasteiger partial charge is 0.504 e. The highest BCUT2D eigenvalue weighted by molar-refractivity contribution is 5.78. The Hall–Kier alpha value is -4.71. The van der Waals surface area contributed by atoms with Crippen LogP contribution >= 0.6 is 0 Å². The van der Waals surface area contributed by atoms with Gasteiger partial charge in [-0.3, -0.25) is 14.8 Å². The number of ether oxygens (including phenoxy) is 4. The molecule has 3 aliphatic rings. The second-order valence-corrected chi connectivity index (χ2v) is 14.7. The summed E-state index contributed by atoms with van der Waals surface area (Å²) in [5.74, 6) is 0.171. The molecule has 0 radical (unpaired) electrons. The van der Waals surface area contributed by atoms with Crippen LogP contribution in [0.1, 0.15) is 107 Å². The zero-order valence-corrected chi connectivity index (χ0v) is 30.6. The van der Waals surface area contributed by atoms with E-state index in [4.69, 9.17) is 29.7 Å². The van der Waals surface area contributed by atoms with Crippen LogP contribution in [0.5, 0.6) is 28.7 Å². The fourth-order valence-electron chi connectivity index (χ4n) is 7.79. The highest BCUT2D eigenvalue weighted by atomic mass is 16.6. The topological polar surface area (TPSA) is 178 Å². The van der Waals surface area contributed by atoms with Gasteiger partial charge in [-0.25, -0.2) is 0 Å². The first-order valence-corrected chi connectivity index (χ1v) is 19.2. The fourth-order valence-corrected chi connectivity index (χ4v) is 7.79. The van der Waals surface area contributed by atoms with Crippen molar-refractivity contribution in [2.45, 2.75) is 133 Å². The number of nitrogens with one attached hydrogen (secondary N) is 1. The molecule has 1 aliphatic heterocycles. The molecule has 286 valence electrons. The van der Waals surface area contributed by atoms with Crippen molar-refractivity contribution in [2.75, 3.05) is 6.61 Å². The number of aromatic nitrogens is 1. The molecule has 6 N–H and O–H groups in total. The normalized spacial score (nSPS) is 23.9. The summed E-state index contributed by atoms with van der Waals surface area (Å²) >= 11 is 0. The number of nitrogens with two attached hydrogens (primary N) is 1. The Morgan fingerprint density at radius 3 is 2.57 bits per heavy atom. The van der Waals surface area contributed by atoms with Gasteiger partial charge in [0.15, 0.2) is 29.0 Å². The van der Waals surface area contributed by atoms with E-state index in [9.17, 15) is 20.1 Å². The van der Waals surface area contributed by atoms with Gasteiger partial charge in [0.2, 0.25) is 5.75 Å². The lowest BCUT2D eigenvalue weighted by Gasteiger charge is -2.35. The first kappa shape index (κ1) is 38.0. The summed E-state index contributed by atoms with van der Waals surface area (Å²) < 4.78 is 24.5. The number of aromatic hydroxyl groups is 3. The molecule has 5 atom stereocenters. The van der Waals surface area contributed by atoms with E-state index in [1.165, 1.54) is 32.3 Å². The first-order valence-electron chi connectivity index (χ1n) is 19.2. The third-order valence-corrected chi connectivity index (χ3v) is 10.5. The van der Waals surface area contributed by atoms with Crippen LogP contribution in [0, 0.1) is 0 Å². The van der Waals surface area contributed by atoms with Gasteiger partial charge in [0.05, 0.1) is 24.9 Å². The number of benzene rings is 2. The highest BCUT2D eigenvalue weighted by Gasteiger charge is 2.33. The highest BCUT2D eigenvalue weighted by Crippen LogP contribution is 2.43. The summed E-state index contributed by atoms with van der Waals surface area (Å²) in [4.78, 5) is 20.9. The lowest BCUT2D eigenvalue weighted by Crippen LogP contribution is -2.45. The van der Waals surface area contributed by atoms with Crippen LogP contribution in [-0.4, -0.2) is 69.2 Å². The molecule has 6 rings (SSSR count). The number of aliphatic imine (C=N–C) groups is 1. The Labute approximate surface area is 311 Å². The minimum atomic E-state index is -0.515. The average molecular weight is 731 g/mol. The molecule has 0 spiro atoms. The molecule has 0 amide bonds. The number of nitrogens with zero attached hydrogens (tertiary/aromatic N) is 2. The van der Waals surface area contributed by atoms with Crippen molar-refractivity contribution >= 4 is 11.9 Å². The van der Waals surface area contributed by atoms with E-state index in [0.717, 1.165) is 49.7 Å². The number of hydrogen-bond acceptors (Lipinski definition) is 10. The Morgan fingerprint density at radius 2 is 1.77 bits per heavy atom. The lowest BCUT2D eigenvalue weighted by molar-refractivity contribution is -0.160. The summed E-state index contributed by atoms with van der Waals surface area (Å²) in [5, 5.41) is 35.3. The van der Waals surface area contributed by atoms with Crippen LogP contribution in [0.2, 0.25) is 0 Å². The molecular weight excluding hydrogens is 676 g/mol. The maximum absolute atomic E-state index is 12.0. The molecule has 2 aliphatic carbocycles. The van der Waals surface area contributed by atoms with Crippen LogP contribution in [0.4, 0.5) is 0 Å². The predicted molar refractivity (Wildman–Crippen MR) is 200 cm³/mol. The van der Waals surface area contributed by atoms with E-state index in [0.29, 0.717) is 55.4 Å². The average Bonchev–Trinajstić information content (AvgIpc) is 3.14. The number of aryl methyl sites for hydroxylation is 1. The van der Waals surface area contributed by atoms with E-state index in [1.54, 1.807) is 24.5 Å². The maximum Gasteiger partial charge on any atom is 0.302 e. The molecule has 3 aromatic rings. The van der Waals surface area contributed by atoms with Crippen molar-refractivity contribution in [1.29, 1.82) is 0 Å². The second kappa shape index (κ2) is 18.4. The Kier molecular flexibility index (Phi) is 13.2. The Morgan fingerprint density at radius 1 is 0.925 bits per heavy atom. The van der Waals surface area contributed by atoms with Crippen molar-refractivity contribution in [3.8, 4) is 28.7 Å². The van der Waals surface area contributed by atoms with Gasteiger partial charge in [0.25, 0.3) is 0 Å². The Bertz CT molecular complexity index is 1680. The predicted octanol–water partition coefficient (Wildman–Crippen LogP) is 6.53. The monoisotopic (exact) mass is 730 g/mol. The third-order valence-electron chi connectivity index (χ3n) is 10.5. The molecule has 12 heteroatoms. The van der Waals surface area contributed by atoms with Crippen LogP contribution in [0.25, 0.3) is 0 Å². The van der Waals surface area contributed by atoms with Gasteiger partial charge in [-0.15, -0.1) is 0 Å². The van der Waals surface area contributed by atoms with Gasteiger partial charge in [0.1, 0.15) is 12.2 Å². The van der Waals surface area contributed by atoms with Crippen molar-refractivity contribution in [1.82, 2.24) is 10.3 Å². The first-order chi connectivity index (χ1) is 25.7. The third kappa shape index (κ3) is 11.1. The number of esters is 1. The Balaban J connectivity index is 1.07. The molecule has 53 heavy (non-hydrogen) atoms. The number of pyridine rings is 1. The summed E-state index contributed by atoms with van der Waals surface area (Å²) in [6.45, 7) is 1.66. The molecule has 0 bridgehead atoms. The minimum absolute atomic E-state index is 0.0669. The van der Waals surface area contributed by atoms with Crippen LogP contribution < -0.4 is 20.5 Å². The number of guanidine groups is 1. The molecule has 2 heterocycles. The van der Waals surface area contributed by atoms with E-state index < -0.39 is 12.2 Å². The van der Waals surface area contributed by atoms with Gasteiger partial charge < -0.3 is 45.3 Å². The van der Waals surface area contributed by atoms with Gasteiger partial charge in [-0.05, 0) is 92.0 Å². The quantitative estimate of drug-likeness (QED) is 0.0559. The molecule has 1 saturated heterocycles. The van der Waals surface area contributed by atoms with E-state index >= 15 is 0 Å². The lowest BCUT2D eigenvalue weighted by atomic mass is 9.92. The molecule has 2 saturated carbocycles. The molecule has 2 aromatic carbocycles. The number of phenolic OH excluding ortho intramolecular Hbond substituents is 3. The van der Waals surface area contributed by atoms with E-state index in [2.05, 4.69) is 10.3 Å². The number of carbonyl (C=O) groups excluding carboxylic acids is 1. The van der Waals surface area contributed by atoms with Crippen molar-refractivity contribution in [3.05, 3.63) is 71.5 Å². The zero-order chi connectivity index (χ0) is 37.2. The summed E-state index contributed by atoms with van der Waals surface area (Å²) in [6.07, 6.45) is 14.5. The van der Waals surface area contributed by atoms with Crippen LogP contribution in [-0.2, 0) is 27.1 Å². The summed E-state index contributed by atoms with van der Waals surface area (Å²) in [6, 6.07) is 12.8. The molecular formula is C41H54N4O8. The van der Waals surface area contributed by atoms with Gasteiger partial charge in [-0.2, -0.15) is 0 Å². The second-order valence-electron chi connectivity index (χ2n) is 14.7. The molecule has 1 aromatic heterocycles. The number of phenols is 3. The number of rotatable bonds is 13. The summed E-state index contributed by atoms with van der Waals surface area (Å²) in [5.41, 5.74) is 8.87. The van der Waals surface area contributed by atoms with Crippen LogP contribution in [0.3, 0.4) is 0 Å². The fraction of sp³-hybridized carbons (Fsp3) is 0.537. The smallest absolute Gasteiger partial charge is 0.302 e. The van der Waals surface area contributed by atoms with Crippen LogP contribution in [0.15, 0.2) is 59.9 Å². The maximum atomic E-state index is 12.0. The van der Waals surface area contributed by atoms with Gasteiger partial charge in [0, 0.05) is 51.0 Å². The van der Waals surface area contributed by atoms with Crippen molar-refractivity contribution in [2.24, 2.45) is 10.7 Å².